The summed E-state index contributed by atoms with van der Waals surface area (Å²) in [5.74, 6) is -7.89. The molecule has 266 valence electrons. The number of aromatic nitrogens is 4. The minimum Gasteiger partial charge on any atom is -0.355 e. The molecule has 3 heterocycles. The van der Waals surface area contributed by atoms with Crippen molar-refractivity contribution in [3.63, 3.8) is 0 Å². The van der Waals surface area contributed by atoms with Gasteiger partial charge in [0.25, 0.3) is 5.91 Å². The standard InChI is InChI=1S/C29H37F8N9O2/c1-3-46-22(6-9-41-46)25(48)44-23(16-4-7-27(30,31)8-5-16)20-13-40-26(42-20)43-21(14-45(2)15-28(32,33)34)19(38)11-17-10-18(29(35,36)37)12-39-24(17)47/h6,9,13,16-18,23,38H,3-5,7-8,10-12,14-15H2,1-2H3,(H,39,47)(H,40,42)(H,44,48)/b38-19?,43-21-/t17-,18-,23+/m1/s1. The maximum atomic E-state index is 14.0. The predicted octanol–water partition coefficient (Wildman–Crippen LogP) is 5.21. The summed E-state index contributed by atoms with van der Waals surface area (Å²) >= 11 is 0. The second-order valence-electron chi connectivity index (χ2n) is 12.3. The van der Waals surface area contributed by atoms with Crippen LogP contribution in [-0.2, 0) is 11.3 Å². The van der Waals surface area contributed by atoms with Gasteiger partial charge in [-0.1, -0.05) is 0 Å². The fourth-order valence-electron chi connectivity index (χ4n) is 6.01. The monoisotopic (exact) mass is 695 g/mol. The van der Waals surface area contributed by atoms with Crippen molar-refractivity contribution in [2.45, 2.75) is 76.3 Å². The molecule has 0 spiro atoms. The van der Waals surface area contributed by atoms with Crippen LogP contribution in [0.15, 0.2) is 23.5 Å². The summed E-state index contributed by atoms with van der Waals surface area (Å²) in [6, 6.07) is 0.637. The first-order valence-electron chi connectivity index (χ1n) is 15.4. The quantitative estimate of drug-likeness (QED) is 0.178. The molecule has 2 aliphatic rings. The Balaban J connectivity index is 1.62. The maximum Gasteiger partial charge on any atom is 0.401 e. The van der Waals surface area contributed by atoms with E-state index in [1.807, 2.05) is 0 Å². The van der Waals surface area contributed by atoms with Crippen molar-refractivity contribution in [3.05, 3.63) is 29.8 Å². The molecular weight excluding hydrogens is 658 g/mol. The Kier molecular flexibility index (Phi) is 11.3. The minimum atomic E-state index is -4.61. The molecule has 2 aromatic heterocycles. The highest BCUT2D eigenvalue weighted by Gasteiger charge is 2.45. The Hall–Kier alpha value is -3.90. The molecule has 1 saturated heterocycles. The Morgan fingerprint density at radius 3 is 2.54 bits per heavy atom. The van der Waals surface area contributed by atoms with Crippen LogP contribution < -0.4 is 10.6 Å². The number of alkyl halides is 8. The molecule has 1 saturated carbocycles. The molecule has 0 bridgehead atoms. The predicted molar refractivity (Wildman–Crippen MR) is 157 cm³/mol. The number of aromatic amines is 1. The first-order valence-corrected chi connectivity index (χ1v) is 15.4. The third kappa shape index (κ3) is 9.82. The number of hydrogen-bond acceptors (Lipinski definition) is 7. The van der Waals surface area contributed by atoms with Gasteiger partial charge in [-0.15, -0.1) is 0 Å². The number of nitrogens with one attached hydrogen (secondary N) is 4. The van der Waals surface area contributed by atoms with Crippen LogP contribution in [-0.4, -0.2) is 92.8 Å². The van der Waals surface area contributed by atoms with E-state index in [0.717, 1.165) is 11.9 Å². The summed E-state index contributed by atoms with van der Waals surface area (Å²) in [6.07, 6.45) is -8.32. The second kappa shape index (κ2) is 14.7. The minimum absolute atomic E-state index is 0.0586. The lowest BCUT2D eigenvalue weighted by molar-refractivity contribution is -0.183. The van der Waals surface area contributed by atoms with Gasteiger partial charge in [-0.25, -0.2) is 18.8 Å². The van der Waals surface area contributed by atoms with Gasteiger partial charge in [0.15, 0.2) is 0 Å². The Labute approximate surface area is 270 Å². The van der Waals surface area contributed by atoms with Crippen molar-refractivity contribution in [2.24, 2.45) is 22.7 Å². The van der Waals surface area contributed by atoms with Crippen LogP contribution >= 0.6 is 0 Å². The van der Waals surface area contributed by atoms with Gasteiger partial charge in [0.1, 0.15) is 5.69 Å². The number of rotatable bonds is 12. The lowest BCUT2D eigenvalue weighted by Crippen LogP contribution is -2.47. The number of carbonyl (C=O) groups is 2. The highest BCUT2D eigenvalue weighted by atomic mass is 19.4. The largest absolute Gasteiger partial charge is 0.401 e. The number of carbonyl (C=O) groups excluding carboxylic acids is 2. The molecule has 1 aliphatic heterocycles. The number of amides is 2. The molecule has 11 nitrogen and oxygen atoms in total. The highest BCUT2D eigenvalue weighted by Crippen LogP contribution is 2.41. The van der Waals surface area contributed by atoms with Crippen LogP contribution in [0.5, 0.6) is 0 Å². The molecule has 0 radical (unpaired) electrons. The number of aliphatic imine (C=N–C) groups is 1. The number of nitrogens with zero attached hydrogens (tertiary/aromatic N) is 5. The van der Waals surface area contributed by atoms with Gasteiger partial charge in [0, 0.05) is 51.0 Å². The lowest BCUT2D eigenvalue weighted by Gasteiger charge is -2.33. The second-order valence-corrected chi connectivity index (χ2v) is 12.3. The Bertz CT molecular complexity index is 1470. The van der Waals surface area contributed by atoms with E-state index in [1.165, 1.54) is 23.1 Å². The molecule has 19 heteroatoms. The van der Waals surface area contributed by atoms with Crippen LogP contribution in [0.3, 0.4) is 0 Å². The number of halogens is 8. The van der Waals surface area contributed by atoms with Gasteiger partial charge in [-0.2, -0.15) is 31.4 Å². The number of piperidine rings is 1. The van der Waals surface area contributed by atoms with E-state index in [4.69, 9.17) is 5.41 Å². The third-order valence-corrected chi connectivity index (χ3v) is 8.52. The summed E-state index contributed by atoms with van der Waals surface area (Å²) in [7, 11) is 1.11. The number of hydrogen-bond donors (Lipinski definition) is 4. The molecule has 0 unspecified atom stereocenters. The fraction of sp³-hybridized carbons (Fsp3) is 0.655. The maximum absolute atomic E-state index is 14.0. The van der Waals surface area contributed by atoms with Gasteiger partial charge in [-0.3, -0.25) is 19.2 Å². The van der Waals surface area contributed by atoms with E-state index in [0.29, 0.717) is 6.54 Å². The van der Waals surface area contributed by atoms with E-state index in [9.17, 15) is 44.7 Å². The summed E-state index contributed by atoms with van der Waals surface area (Å²) in [6.45, 7) is -0.411. The lowest BCUT2D eigenvalue weighted by atomic mass is 9.81. The van der Waals surface area contributed by atoms with E-state index in [2.05, 4.69) is 30.7 Å². The third-order valence-electron chi connectivity index (χ3n) is 8.52. The molecule has 2 fully saturated rings. The molecule has 2 aromatic rings. The van der Waals surface area contributed by atoms with E-state index in [1.54, 1.807) is 6.92 Å². The van der Waals surface area contributed by atoms with Crippen molar-refractivity contribution in [1.29, 1.82) is 5.41 Å². The van der Waals surface area contributed by atoms with E-state index in [-0.39, 0.29) is 35.9 Å². The topological polar surface area (TPSA) is 144 Å². The normalized spacial score (nSPS) is 21.6. The van der Waals surface area contributed by atoms with Crippen LogP contribution in [0.1, 0.15) is 67.7 Å². The molecule has 0 aromatic carbocycles. The van der Waals surface area contributed by atoms with Crippen molar-refractivity contribution < 1.29 is 44.7 Å². The van der Waals surface area contributed by atoms with Crippen molar-refractivity contribution in [3.8, 4) is 0 Å². The Morgan fingerprint density at radius 1 is 1.23 bits per heavy atom. The first-order chi connectivity index (χ1) is 22.3. The summed E-state index contributed by atoms with van der Waals surface area (Å²) in [5, 5.41) is 17.7. The van der Waals surface area contributed by atoms with Crippen LogP contribution in [0.25, 0.3) is 0 Å². The average Bonchev–Trinajstić information content (AvgIpc) is 3.65. The zero-order valence-corrected chi connectivity index (χ0v) is 26.2. The summed E-state index contributed by atoms with van der Waals surface area (Å²) in [4.78, 5) is 37.7. The van der Waals surface area contributed by atoms with E-state index < -0.39 is 105 Å². The van der Waals surface area contributed by atoms with Gasteiger partial charge < -0.3 is 21.0 Å². The zero-order chi connectivity index (χ0) is 35.4. The van der Waals surface area contributed by atoms with E-state index >= 15 is 0 Å². The average molecular weight is 696 g/mol. The molecule has 3 atom stereocenters. The smallest absolute Gasteiger partial charge is 0.355 e. The van der Waals surface area contributed by atoms with Gasteiger partial charge in [0.05, 0.1) is 41.8 Å². The van der Waals surface area contributed by atoms with Crippen LogP contribution in [0, 0.1) is 23.2 Å². The van der Waals surface area contributed by atoms with Crippen molar-refractivity contribution in [1.82, 2.24) is 35.3 Å². The molecular formula is C29H37F8N9O2. The van der Waals surface area contributed by atoms with Crippen molar-refractivity contribution in [2.75, 3.05) is 26.7 Å². The summed E-state index contributed by atoms with van der Waals surface area (Å²) in [5.41, 5.74) is -0.259. The first kappa shape index (κ1) is 36.9. The van der Waals surface area contributed by atoms with Gasteiger partial charge in [0.2, 0.25) is 17.8 Å². The molecule has 2 amide bonds. The molecule has 4 rings (SSSR count). The summed E-state index contributed by atoms with van der Waals surface area (Å²) < 4.78 is 109. The highest BCUT2D eigenvalue weighted by molar-refractivity contribution is 6.42. The number of aryl methyl sites for hydroxylation is 1. The van der Waals surface area contributed by atoms with Crippen LogP contribution in [0.4, 0.5) is 41.1 Å². The van der Waals surface area contributed by atoms with Gasteiger partial charge in [-0.05, 0) is 45.2 Å². The fourth-order valence-corrected chi connectivity index (χ4v) is 6.01. The molecule has 4 N–H and O–H groups in total. The zero-order valence-electron chi connectivity index (χ0n) is 26.2. The number of H-pyrrole nitrogens is 1. The van der Waals surface area contributed by atoms with Crippen molar-refractivity contribution >= 4 is 29.2 Å². The number of imidazole rings is 1. The SMILES string of the molecule is CCn1nccc1C(=O)N[C@H](c1cnc(/N=C(/CN(C)CC(F)(F)F)C(=N)C[C@H]2C[C@@H](C(F)(F)F)CNC2=O)[nH]1)C1CCC(F)(F)CC1. The van der Waals surface area contributed by atoms with Crippen LogP contribution in [0.2, 0.25) is 0 Å². The molecule has 48 heavy (non-hydrogen) atoms. The van der Waals surface area contributed by atoms with Gasteiger partial charge >= 0.3 is 12.4 Å². The Morgan fingerprint density at radius 2 is 1.92 bits per heavy atom. The molecule has 1 aliphatic carbocycles.